The van der Waals surface area contributed by atoms with E-state index < -0.39 is 16.5 Å². The molecule has 0 unspecified atom stereocenters. The fraction of sp³-hybridized carbons (Fsp3) is 0.100. The SMILES string of the molecule is C=[C-]c1ccccc1.CC#N.[Cl][Pt][Cl]. The predicted molar refractivity (Wildman–Crippen MR) is 57.4 cm³/mol. The Morgan fingerprint density at radius 3 is 1.93 bits per heavy atom. The van der Waals surface area contributed by atoms with Gasteiger partial charge in [0.05, 0.1) is 6.07 Å². The van der Waals surface area contributed by atoms with Crippen LogP contribution in [-0.4, -0.2) is 0 Å². The van der Waals surface area contributed by atoms with E-state index >= 15 is 0 Å². The summed E-state index contributed by atoms with van der Waals surface area (Å²) in [6, 6.07) is 11.6. The molecule has 0 atom stereocenters. The van der Waals surface area contributed by atoms with E-state index in [4.69, 9.17) is 24.1 Å². The van der Waals surface area contributed by atoms with E-state index in [0.29, 0.717) is 0 Å². The van der Waals surface area contributed by atoms with Gasteiger partial charge in [0.25, 0.3) is 0 Å². The minimum atomic E-state index is -0.472. The molecule has 14 heavy (non-hydrogen) atoms. The molecule has 0 bridgehead atoms. The molecule has 0 aliphatic rings. The van der Waals surface area contributed by atoms with Crippen LogP contribution in [0.25, 0.3) is 0 Å². The molecule has 0 saturated heterocycles. The number of rotatable bonds is 1. The van der Waals surface area contributed by atoms with Gasteiger partial charge in [0, 0.05) is 6.92 Å². The van der Waals surface area contributed by atoms with E-state index in [1.54, 1.807) is 6.07 Å². The van der Waals surface area contributed by atoms with E-state index in [-0.39, 0.29) is 0 Å². The Morgan fingerprint density at radius 1 is 1.36 bits per heavy atom. The summed E-state index contributed by atoms with van der Waals surface area (Å²) in [5, 5.41) is 7.32. The maximum absolute atomic E-state index is 7.32. The first kappa shape index (κ1) is 16.2. The zero-order valence-electron chi connectivity index (χ0n) is 7.61. The fourth-order valence-electron chi connectivity index (χ4n) is 0.556. The van der Waals surface area contributed by atoms with Crippen LogP contribution in [0.15, 0.2) is 36.9 Å². The first-order valence-electron chi connectivity index (χ1n) is 3.48. The Hall–Kier alpha value is -0.282. The molecule has 80 valence electrons. The molecule has 0 radical (unpaired) electrons. The molecular weight excluding hydrogens is 400 g/mol. The monoisotopic (exact) mass is 409 g/mol. The maximum atomic E-state index is 7.32. The quantitative estimate of drug-likeness (QED) is 0.644. The van der Waals surface area contributed by atoms with Crippen LogP contribution in [0, 0.1) is 17.4 Å². The van der Waals surface area contributed by atoms with Crippen LogP contribution in [0.1, 0.15) is 12.5 Å². The molecule has 0 amide bonds. The van der Waals surface area contributed by atoms with E-state index in [1.165, 1.54) is 6.92 Å². The topological polar surface area (TPSA) is 23.8 Å². The third-order valence-corrected chi connectivity index (χ3v) is 0.978. The molecule has 0 spiro atoms. The van der Waals surface area contributed by atoms with Crippen molar-refractivity contribution in [3.63, 3.8) is 0 Å². The Labute approximate surface area is 102 Å². The predicted octanol–water partition coefficient (Wildman–Crippen LogP) is 3.93. The first-order valence-corrected chi connectivity index (χ1v) is 9.11. The van der Waals surface area contributed by atoms with Gasteiger partial charge in [0.15, 0.2) is 0 Å². The van der Waals surface area contributed by atoms with Gasteiger partial charge in [-0.05, 0) is 0 Å². The van der Waals surface area contributed by atoms with Gasteiger partial charge in [-0.15, -0.1) is 12.1 Å². The van der Waals surface area contributed by atoms with Gasteiger partial charge in [0.2, 0.25) is 0 Å². The molecule has 0 fully saturated rings. The third kappa shape index (κ3) is 14.3. The summed E-state index contributed by atoms with van der Waals surface area (Å²) in [7, 11) is 9.75. The summed E-state index contributed by atoms with van der Waals surface area (Å²) in [4.78, 5) is 0. The zero-order valence-corrected chi connectivity index (χ0v) is 11.4. The summed E-state index contributed by atoms with van der Waals surface area (Å²) < 4.78 is 0. The van der Waals surface area contributed by atoms with Crippen LogP contribution in [0.4, 0.5) is 0 Å². The molecule has 1 rings (SSSR count). The third-order valence-electron chi connectivity index (χ3n) is 0.978. The standard InChI is InChI=1S/C8H7.C2H3N.2ClH.Pt/c1-2-8-6-4-3-5-7-8;1-2-3;;;/h3-7H,1H2;1H3;2*1H;/q-1;;;;+2/p-2. The van der Waals surface area contributed by atoms with Gasteiger partial charge in [-0.25, -0.2) is 0 Å². The normalized spacial score (nSPS) is 7.00. The molecule has 0 aliphatic carbocycles. The summed E-state index contributed by atoms with van der Waals surface area (Å²) in [5.74, 6) is 0. The summed E-state index contributed by atoms with van der Waals surface area (Å²) in [6.45, 7) is 4.94. The van der Waals surface area contributed by atoms with Gasteiger partial charge in [0.1, 0.15) is 0 Å². The molecule has 1 aromatic rings. The summed E-state index contributed by atoms with van der Waals surface area (Å²) in [5.41, 5.74) is 1.05. The van der Waals surface area contributed by atoms with Crippen molar-refractivity contribution in [2.75, 3.05) is 0 Å². The Kier molecular flexibility index (Phi) is 17.5. The Morgan fingerprint density at radius 2 is 1.71 bits per heavy atom. The van der Waals surface area contributed by atoms with Crippen molar-refractivity contribution >= 4 is 18.8 Å². The molecule has 0 aromatic heterocycles. The van der Waals surface area contributed by atoms with Crippen LogP contribution >= 0.6 is 18.8 Å². The van der Waals surface area contributed by atoms with Crippen molar-refractivity contribution in [3.05, 3.63) is 48.6 Å². The second kappa shape index (κ2) is 15.2. The second-order valence-corrected chi connectivity index (χ2v) is 5.09. The van der Waals surface area contributed by atoms with Crippen molar-refractivity contribution in [2.45, 2.75) is 6.92 Å². The molecule has 0 aliphatic heterocycles. The number of halogens is 2. The fourth-order valence-corrected chi connectivity index (χ4v) is 0.556. The molecule has 0 N–H and O–H groups in total. The average Bonchev–Trinajstić information content (AvgIpc) is 2.21. The van der Waals surface area contributed by atoms with E-state index in [2.05, 4.69) is 12.7 Å². The first-order chi connectivity index (χ1) is 6.76. The number of hydrogen-bond donors (Lipinski definition) is 0. The summed E-state index contributed by atoms with van der Waals surface area (Å²) in [6.07, 6.45) is 2.78. The van der Waals surface area contributed by atoms with Gasteiger partial charge < -0.3 is 0 Å². The van der Waals surface area contributed by atoms with E-state index in [9.17, 15) is 0 Å². The average molecular weight is 410 g/mol. The van der Waals surface area contributed by atoms with Gasteiger partial charge in [-0.3, -0.25) is 0 Å². The molecule has 1 aromatic carbocycles. The van der Waals surface area contributed by atoms with Gasteiger partial charge in [-0.2, -0.15) is 35.6 Å². The van der Waals surface area contributed by atoms with Crippen LogP contribution in [0.5, 0.6) is 0 Å². The van der Waals surface area contributed by atoms with Crippen molar-refractivity contribution in [3.8, 4) is 6.07 Å². The molecular formula is C10H10Cl2NPt-. The molecule has 0 saturated carbocycles. The van der Waals surface area contributed by atoms with Crippen LogP contribution in [-0.2, 0) is 16.5 Å². The molecule has 0 heterocycles. The number of hydrogen-bond acceptors (Lipinski definition) is 1. The zero-order chi connectivity index (χ0) is 11.2. The Bertz CT molecular complexity index is 257. The second-order valence-electron chi connectivity index (χ2n) is 1.81. The number of nitriles is 1. The molecule has 1 nitrogen and oxygen atoms in total. The molecule has 4 heteroatoms. The summed E-state index contributed by atoms with van der Waals surface area (Å²) >= 11 is -0.472. The van der Waals surface area contributed by atoms with Crippen molar-refractivity contribution < 1.29 is 16.5 Å². The van der Waals surface area contributed by atoms with Gasteiger partial charge >= 0.3 is 35.3 Å². The number of nitrogens with zero attached hydrogens (tertiary/aromatic N) is 1. The van der Waals surface area contributed by atoms with Crippen LogP contribution < -0.4 is 0 Å². The minimum absolute atomic E-state index is 0.472. The number of benzene rings is 1. The van der Waals surface area contributed by atoms with E-state index in [1.807, 2.05) is 30.3 Å². The van der Waals surface area contributed by atoms with Crippen LogP contribution in [0.3, 0.4) is 0 Å². The van der Waals surface area contributed by atoms with Crippen molar-refractivity contribution in [2.24, 2.45) is 0 Å². The van der Waals surface area contributed by atoms with E-state index in [0.717, 1.165) is 5.56 Å². The Balaban J connectivity index is 0. The van der Waals surface area contributed by atoms with Crippen LogP contribution in [0.2, 0.25) is 0 Å². The van der Waals surface area contributed by atoms with Crippen molar-refractivity contribution in [1.82, 2.24) is 0 Å². The van der Waals surface area contributed by atoms with Gasteiger partial charge in [-0.1, -0.05) is 6.07 Å². The van der Waals surface area contributed by atoms with Crippen molar-refractivity contribution in [1.29, 1.82) is 5.26 Å².